The Morgan fingerprint density at radius 1 is 1.00 bits per heavy atom. The van der Waals surface area contributed by atoms with Crippen molar-refractivity contribution in [1.29, 1.82) is 0 Å². The number of hydrogen-bond acceptors (Lipinski definition) is 5. The normalized spacial score (nSPS) is 13.3. The van der Waals surface area contributed by atoms with Crippen molar-refractivity contribution in [2.45, 2.75) is 66.4 Å². The Balaban J connectivity index is 3.92. The zero-order valence-electron chi connectivity index (χ0n) is 13.5. The van der Waals surface area contributed by atoms with Crippen LogP contribution in [0.3, 0.4) is 0 Å². The Kier molecular flexibility index (Phi) is 7.18. The molecular formula is C14H28O5S. The van der Waals surface area contributed by atoms with Crippen LogP contribution in [0.2, 0.25) is 0 Å². The van der Waals surface area contributed by atoms with Crippen LogP contribution in [0.1, 0.15) is 60.8 Å². The Hall–Kier alpha value is -0.620. The molecule has 0 fully saturated rings. The average Bonchev–Trinajstić information content (AvgIpc) is 2.18. The van der Waals surface area contributed by atoms with E-state index in [1.807, 2.05) is 20.8 Å². The number of esters is 1. The van der Waals surface area contributed by atoms with E-state index in [1.165, 1.54) is 0 Å². The van der Waals surface area contributed by atoms with Crippen LogP contribution in [0.4, 0.5) is 0 Å². The van der Waals surface area contributed by atoms with Crippen molar-refractivity contribution < 1.29 is 22.1 Å². The maximum absolute atomic E-state index is 11.6. The number of hydrogen-bond donors (Lipinski definition) is 0. The van der Waals surface area contributed by atoms with Gasteiger partial charge in [0.25, 0.3) is 10.1 Å². The molecule has 0 bridgehead atoms. The van der Waals surface area contributed by atoms with E-state index in [9.17, 15) is 13.2 Å². The first kappa shape index (κ1) is 19.4. The second-order valence-corrected chi connectivity index (χ2v) is 8.89. The van der Waals surface area contributed by atoms with Crippen LogP contribution in [0.15, 0.2) is 0 Å². The lowest BCUT2D eigenvalue weighted by Gasteiger charge is -2.19. The van der Waals surface area contributed by atoms with Crippen molar-refractivity contribution in [3.05, 3.63) is 0 Å². The molecule has 0 rings (SSSR count). The molecule has 0 atom stereocenters. The second-order valence-electron chi connectivity index (χ2n) is 7.13. The maximum Gasteiger partial charge on any atom is 0.306 e. The van der Waals surface area contributed by atoms with Crippen molar-refractivity contribution in [1.82, 2.24) is 0 Å². The molecule has 0 aromatic carbocycles. The summed E-state index contributed by atoms with van der Waals surface area (Å²) in [5, 5.41) is 0. The fourth-order valence-electron chi connectivity index (χ4n) is 1.27. The molecule has 0 heterocycles. The van der Waals surface area contributed by atoms with Crippen LogP contribution >= 0.6 is 0 Å². The van der Waals surface area contributed by atoms with Gasteiger partial charge in [-0.15, -0.1) is 0 Å². The van der Waals surface area contributed by atoms with E-state index in [2.05, 4.69) is 0 Å². The number of carbonyl (C=O) groups excluding carboxylic acids is 1. The molecular weight excluding hydrogens is 280 g/mol. The van der Waals surface area contributed by atoms with Gasteiger partial charge in [0.15, 0.2) is 0 Å². The molecule has 0 amide bonds. The summed E-state index contributed by atoms with van der Waals surface area (Å²) in [6, 6.07) is 0. The van der Waals surface area contributed by atoms with E-state index in [0.29, 0.717) is 12.8 Å². The number of carbonyl (C=O) groups is 1. The molecule has 0 aliphatic heterocycles. The highest BCUT2D eigenvalue weighted by Gasteiger charge is 2.19. The van der Waals surface area contributed by atoms with Crippen LogP contribution < -0.4 is 0 Å². The second kappa shape index (κ2) is 7.41. The van der Waals surface area contributed by atoms with Gasteiger partial charge in [0.2, 0.25) is 0 Å². The summed E-state index contributed by atoms with van der Waals surface area (Å²) in [5.41, 5.74) is -0.692. The third-order valence-corrected chi connectivity index (χ3v) is 3.38. The van der Waals surface area contributed by atoms with Gasteiger partial charge in [-0.25, -0.2) is 0 Å². The highest BCUT2D eigenvalue weighted by Crippen LogP contribution is 2.15. The van der Waals surface area contributed by atoms with Crippen molar-refractivity contribution in [2.24, 2.45) is 5.41 Å². The molecule has 0 unspecified atom stereocenters. The molecule has 6 heteroatoms. The lowest BCUT2D eigenvalue weighted by molar-refractivity contribution is -0.154. The zero-order chi connectivity index (χ0) is 16.0. The highest BCUT2D eigenvalue weighted by molar-refractivity contribution is 7.86. The van der Waals surface area contributed by atoms with E-state index < -0.39 is 15.7 Å². The standard InChI is InChI=1S/C14H28O5S/c1-13(2,3)11-18-20(16,17)10-8-7-9-12(15)19-14(4,5)6/h7-11H2,1-6H3. The average molecular weight is 308 g/mol. The van der Waals surface area contributed by atoms with Gasteiger partial charge in [0, 0.05) is 6.42 Å². The molecule has 5 nitrogen and oxygen atoms in total. The molecule has 0 saturated carbocycles. The smallest absolute Gasteiger partial charge is 0.306 e. The molecule has 120 valence electrons. The minimum Gasteiger partial charge on any atom is -0.460 e. The van der Waals surface area contributed by atoms with Crippen LogP contribution in [0.5, 0.6) is 0 Å². The fraction of sp³-hybridized carbons (Fsp3) is 0.929. The monoisotopic (exact) mass is 308 g/mol. The van der Waals surface area contributed by atoms with Crippen LogP contribution in [0.25, 0.3) is 0 Å². The van der Waals surface area contributed by atoms with Gasteiger partial charge >= 0.3 is 5.97 Å². The van der Waals surface area contributed by atoms with Crippen LogP contribution in [-0.2, 0) is 23.8 Å². The van der Waals surface area contributed by atoms with Crippen LogP contribution in [0, 0.1) is 5.41 Å². The van der Waals surface area contributed by atoms with Gasteiger partial charge in [0.1, 0.15) is 5.60 Å². The first-order valence-electron chi connectivity index (χ1n) is 6.90. The van der Waals surface area contributed by atoms with Crippen molar-refractivity contribution in [2.75, 3.05) is 12.4 Å². The topological polar surface area (TPSA) is 69.7 Å². The van der Waals surface area contributed by atoms with E-state index in [1.54, 1.807) is 20.8 Å². The van der Waals surface area contributed by atoms with E-state index in [0.717, 1.165) is 0 Å². The molecule has 0 aliphatic rings. The molecule has 0 aromatic rings. The first-order valence-corrected chi connectivity index (χ1v) is 8.47. The molecule has 0 spiro atoms. The lowest BCUT2D eigenvalue weighted by Crippen LogP contribution is -2.24. The van der Waals surface area contributed by atoms with Crippen molar-refractivity contribution in [3.8, 4) is 0 Å². The minimum atomic E-state index is -3.50. The fourth-order valence-corrected chi connectivity index (χ4v) is 2.47. The molecule has 0 saturated heterocycles. The largest absolute Gasteiger partial charge is 0.460 e. The minimum absolute atomic E-state index is 0.0636. The van der Waals surface area contributed by atoms with Gasteiger partial charge in [-0.2, -0.15) is 8.42 Å². The Morgan fingerprint density at radius 3 is 2.00 bits per heavy atom. The van der Waals surface area contributed by atoms with Gasteiger partial charge in [-0.05, 0) is 39.0 Å². The summed E-state index contributed by atoms with van der Waals surface area (Å²) < 4.78 is 33.3. The third-order valence-electron chi connectivity index (χ3n) is 2.12. The van der Waals surface area contributed by atoms with E-state index in [4.69, 9.17) is 8.92 Å². The summed E-state index contributed by atoms with van der Waals surface area (Å²) in [6.45, 7) is 11.3. The molecule has 20 heavy (non-hydrogen) atoms. The molecule has 0 radical (unpaired) electrons. The van der Waals surface area contributed by atoms with Gasteiger partial charge in [-0.3, -0.25) is 8.98 Å². The number of unbranched alkanes of at least 4 members (excludes halogenated alkanes) is 1. The Labute approximate surface area is 123 Å². The van der Waals surface area contributed by atoms with Gasteiger partial charge in [0.05, 0.1) is 12.4 Å². The third kappa shape index (κ3) is 12.4. The Morgan fingerprint density at radius 2 is 1.55 bits per heavy atom. The summed E-state index contributed by atoms with van der Waals surface area (Å²) in [5.74, 6) is -0.364. The highest BCUT2D eigenvalue weighted by atomic mass is 32.2. The van der Waals surface area contributed by atoms with Gasteiger partial charge < -0.3 is 4.74 Å². The van der Waals surface area contributed by atoms with E-state index >= 15 is 0 Å². The lowest BCUT2D eigenvalue weighted by atomic mass is 9.99. The SMILES string of the molecule is CC(C)(C)COS(=O)(=O)CCCCC(=O)OC(C)(C)C. The molecule has 0 aliphatic carbocycles. The quantitative estimate of drug-likeness (QED) is 0.411. The maximum atomic E-state index is 11.6. The Bertz CT molecular complexity index is 398. The van der Waals surface area contributed by atoms with Crippen LogP contribution in [-0.4, -0.2) is 32.3 Å². The first-order chi connectivity index (χ1) is 8.81. The van der Waals surface area contributed by atoms with Crippen molar-refractivity contribution in [3.63, 3.8) is 0 Å². The predicted octanol–water partition coefficient (Wildman–Crippen LogP) is 2.89. The van der Waals surface area contributed by atoms with E-state index in [-0.39, 0.29) is 30.2 Å². The summed E-state index contributed by atoms with van der Waals surface area (Å²) in [7, 11) is -3.50. The zero-order valence-corrected chi connectivity index (χ0v) is 14.3. The van der Waals surface area contributed by atoms with Crippen molar-refractivity contribution >= 4 is 16.1 Å². The molecule has 0 N–H and O–H groups in total. The summed E-state index contributed by atoms with van der Waals surface area (Å²) >= 11 is 0. The number of rotatable bonds is 7. The molecule has 0 aromatic heterocycles. The predicted molar refractivity (Wildman–Crippen MR) is 78.9 cm³/mol. The van der Waals surface area contributed by atoms with Gasteiger partial charge in [-0.1, -0.05) is 20.8 Å². The summed E-state index contributed by atoms with van der Waals surface area (Å²) in [6.07, 6.45) is 1.10. The number of ether oxygens (including phenoxy) is 1. The summed E-state index contributed by atoms with van der Waals surface area (Å²) in [4.78, 5) is 11.4.